The van der Waals surface area contributed by atoms with Crippen molar-refractivity contribution in [3.63, 3.8) is 0 Å². The zero-order valence-corrected chi connectivity index (χ0v) is 15.1. The molecule has 3 aromatic heterocycles. The number of nitriles is 1. The van der Waals surface area contributed by atoms with E-state index in [-0.39, 0.29) is 12.2 Å². The Kier molecular flexibility index (Phi) is 4.28. The quantitative estimate of drug-likeness (QED) is 0.586. The first-order valence-electron chi connectivity index (χ1n) is 8.76. The van der Waals surface area contributed by atoms with Crippen molar-refractivity contribution in [1.82, 2.24) is 9.38 Å². The van der Waals surface area contributed by atoms with Crippen molar-refractivity contribution in [1.29, 1.82) is 5.26 Å². The Labute approximate surface area is 160 Å². The molecule has 0 fully saturated rings. The molecule has 0 aliphatic carbocycles. The molecule has 0 aliphatic rings. The van der Waals surface area contributed by atoms with Gasteiger partial charge in [-0.15, -0.1) is 0 Å². The first kappa shape index (κ1) is 17.7. The number of carboxylic acids is 1. The second-order valence-corrected chi connectivity index (χ2v) is 6.72. The molecule has 0 bridgehead atoms. The summed E-state index contributed by atoms with van der Waals surface area (Å²) in [6, 6.07) is 13.7. The van der Waals surface area contributed by atoms with Crippen LogP contribution in [0, 0.1) is 24.1 Å². The van der Waals surface area contributed by atoms with Crippen molar-refractivity contribution >= 4 is 22.4 Å². The number of rotatable bonds is 4. The van der Waals surface area contributed by atoms with Crippen LogP contribution in [0.15, 0.2) is 48.7 Å². The molecule has 5 nitrogen and oxygen atoms in total. The van der Waals surface area contributed by atoms with Crippen molar-refractivity contribution in [2.75, 3.05) is 0 Å². The van der Waals surface area contributed by atoms with Crippen molar-refractivity contribution in [2.24, 2.45) is 0 Å². The van der Waals surface area contributed by atoms with E-state index in [1.165, 1.54) is 12.1 Å². The summed E-state index contributed by atoms with van der Waals surface area (Å²) in [6.07, 6.45) is 2.11. The van der Waals surface area contributed by atoms with E-state index in [1.54, 1.807) is 24.4 Å². The smallest absolute Gasteiger partial charge is 0.309 e. The third kappa shape index (κ3) is 3.08. The van der Waals surface area contributed by atoms with Gasteiger partial charge >= 0.3 is 5.97 Å². The summed E-state index contributed by atoms with van der Waals surface area (Å²) in [5.74, 6) is -1.22. The fourth-order valence-corrected chi connectivity index (χ4v) is 3.59. The van der Waals surface area contributed by atoms with Crippen LogP contribution < -0.4 is 0 Å². The third-order valence-electron chi connectivity index (χ3n) is 4.96. The average molecular weight is 373 g/mol. The summed E-state index contributed by atoms with van der Waals surface area (Å²) in [4.78, 5) is 15.9. The topological polar surface area (TPSA) is 78.4 Å². The molecule has 0 aliphatic heterocycles. The summed E-state index contributed by atoms with van der Waals surface area (Å²) in [5, 5.41) is 19.2. The first-order chi connectivity index (χ1) is 13.5. The lowest BCUT2D eigenvalue weighted by Gasteiger charge is -2.05. The number of carboxylic acid groups (broad SMARTS) is 1. The fourth-order valence-electron chi connectivity index (χ4n) is 3.59. The van der Waals surface area contributed by atoms with Crippen LogP contribution in [0.3, 0.4) is 0 Å². The molecule has 0 saturated carbocycles. The Balaban J connectivity index is 1.85. The number of benzene rings is 1. The second-order valence-electron chi connectivity index (χ2n) is 6.72. The van der Waals surface area contributed by atoms with Crippen LogP contribution in [0.1, 0.15) is 28.1 Å². The van der Waals surface area contributed by atoms with E-state index in [2.05, 4.69) is 11.1 Å². The van der Waals surface area contributed by atoms with Crippen LogP contribution in [0.2, 0.25) is 0 Å². The van der Waals surface area contributed by atoms with Crippen molar-refractivity contribution in [2.45, 2.75) is 19.8 Å². The van der Waals surface area contributed by atoms with Gasteiger partial charge in [0.2, 0.25) is 0 Å². The van der Waals surface area contributed by atoms with E-state index in [1.807, 2.05) is 23.5 Å². The highest BCUT2D eigenvalue weighted by atomic mass is 19.1. The molecule has 1 N–H and O–H groups in total. The van der Waals surface area contributed by atoms with Gasteiger partial charge in [-0.1, -0.05) is 6.07 Å². The molecule has 0 atom stereocenters. The normalized spacial score (nSPS) is 11.0. The minimum absolute atomic E-state index is 0.108. The predicted octanol–water partition coefficient (Wildman–Crippen LogP) is 4.02. The number of fused-ring (bicyclic) bond motifs is 2. The van der Waals surface area contributed by atoms with Gasteiger partial charge in [0, 0.05) is 29.4 Å². The second kappa shape index (κ2) is 6.78. The monoisotopic (exact) mass is 373 g/mol. The number of halogens is 1. The van der Waals surface area contributed by atoms with E-state index < -0.39 is 5.97 Å². The van der Waals surface area contributed by atoms with E-state index in [4.69, 9.17) is 0 Å². The minimum atomic E-state index is -0.913. The summed E-state index contributed by atoms with van der Waals surface area (Å²) in [7, 11) is 0. The SMILES string of the molecule is Cc1c(Cc2ccc3cc(F)ccc3n2)c2cc(C#N)ccn2c1CC(=O)O. The zero-order chi connectivity index (χ0) is 19.8. The fraction of sp³-hybridized carbons (Fsp3) is 0.136. The van der Waals surface area contributed by atoms with Gasteiger partial charge in [-0.25, -0.2) is 4.39 Å². The van der Waals surface area contributed by atoms with Gasteiger partial charge in [-0.3, -0.25) is 9.78 Å². The Morgan fingerprint density at radius 1 is 1.25 bits per heavy atom. The highest BCUT2D eigenvalue weighted by Gasteiger charge is 2.18. The van der Waals surface area contributed by atoms with Crippen molar-refractivity contribution in [3.8, 4) is 6.07 Å². The standard InChI is InChI=1S/C22H16FN3O2/c1-13-18(10-17-4-2-15-9-16(23)3-5-19(15)25-17)21-8-14(12-24)6-7-26(21)20(13)11-22(27)28/h2-9H,10-11H2,1H3,(H,27,28). The van der Waals surface area contributed by atoms with E-state index in [0.717, 1.165) is 27.7 Å². The number of hydrogen-bond donors (Lipinski definition) is 1. The summed E-state index contributed by atoms with van der Waals surface area (Å²) in [6.45, 7) is 1.89. The highest BCUT2D eigenvalue weighted by molar-refractivity contribution is 5.79. The minimum Gasteiger partial charge on any atom is -0.481 e. The summed E-state index contributed by atoms with van der Waals surface area (Å²) in [5.41, 5.74) is 5.29. The van der Waals surface area contributed by atoms with Gasteiger partial charge in [0.05, 0.1) is 29.1 Å². The van der Waals surface area contributed by atoms with Crippen LogP contribution in [0.25, 0.3) is 16.4 Å². The largest absolute Gasteiger partial charge is 0.481 e. The Morgan fingerprint density at radius 3 is 2.82 bits per heavy atom. The van der Waals surface area contributed by atoms with Gasteiger partial charge < -0.3 is 9.51 Å². The van der Waals surface area contributed by atoms with Gasteiger partial charge in [0.25, 0.3) is 0 Å². The Bertz CT molecular complexity index is 1280. The molecule has 6 heteroatoms. The maximum absolute atomic E-state index is 13.4. The van der Waals surface area contributed by atoms with Gasteiger partial charge in [0.15, 0.2) is 0 Å². The molecule has 0 saturated heterocycles. The lowest BCUT2D eigenvalue weighted by Crippen LogP contribution is -2.04. The Morgan fingerprint density at radius 2 is 2.07 bits per heavy atom. The zero-order valence-electron chi connectivity index (χ0n) is 15.1. The van der Waals surface area contributed by atoms with Crippen molar-refractivity contribution in [3.05, 3.63) is 82.6 Å². The van der Waals surface area contributed by atoms with Crippen molar-refractivity contribution < 1.29 is 14.3 Å². The highest BCUT2D eigenvalue weighted by Crippen LogP contribution is 2.27. The van der Waals surface area contributed by atoms with E-state index in [9.17, 15) is 19.6 Å². The molecular formula is C22H16FN3O2. The number of aromatic nitrogens is 2. The molecule has 28 heavy (non-hydrogen) atoms. The molecular weight excluding hydrogens is 357 g/mol. The van der Waals surface area contributed by atoms with Crippen LogP contribution in [-0.2, 0) is 17.6 Å². The third-order valence-corrected chi connectivity index (χ3v) is 4.96. The van der Waals surface area contributed by atoms with Gasteiger partial charge in [-0.05, 0) is 54.4 Å². The number of nitrogens with zero attached hydrogens (tertiary/aromatic N) is 3. The van der Waals surface area contributed by atoms with Crippen LogP contribution >= 0.6 is 0 Å². The van der Waals surface area contributed by atoms with E-state index in [0.29, 0.717) is 23.2 Å². The summed E-state index contributed by atoms with van der Waals surface area (Å²) >= 11 is 0. The Hall–Kier alpha value is -3.72. The predicted molar refractivity (Wildman–Crippen MR) is 103 cm³/mol. The number of carbonyl (C=O) groups is 1. The van der Waals surface area contributed by atoms with E-state index >= 15 is 0 Å². The molecule has 3 heterocycles. The van der Waals surface area contributed by atoms with Gasteiger partial charge in [0.1, 0.15) is 5.82 Å². The molecule has 4 aromatic rings. The molecule has 0 radical (unpaired) electrons. The molecule has 1 aromatic carbocycles. The average Bonchev–Trinajstić information content (AvgIpc) is 2.92. The number of hydrogen-bond acceptors (Lipinski definition) is 3. The first-order valence-corrected chi connectivity index (χ1v) is 8.76. The summed E-state index contributed by atoms with van der Waals surface area (Å²) < 4.78 is 15.2. The molecule has 0 unspecified atom stereocenters. The number of pyridine rings is 2. The van der Waals surface area contributed by atoms with Crippen LogP contribution in [0.4, 0.5) is 4.39 Å². The maximum Gasteiger partial charge on any atom is 0.309 e. The molecule has 4 rings (SSSR count). The molecule has 138 valence electrons. The lowest BCUT2D eigenvalue weighted by atomic mass is 10.0. The molecule has 0 spiro atoms. The van der Waals surface area contributed by atoms with Crippen LogP contribution in [0.5, 0.6) is 0 Å². The molecule has 0 amide bonds. The number of aliphatic carboxylic acids is 1. The lowest BCUT2D eigenvalue weighted by molar-refractivity contribution is -0.136. The van der Waals surface area contributed by atoms with Gasteiger partial charge in [-0.2, -0.15) is 5.26 Å². The maximum atomic E-state index is 13.4. The van der Waals surface area contributed by atoms with Crippen LogP contribution in [-0.4, -0.2) is 20.5 Å².